The third kappa shape index (κ3) is 6.11. The Morgan fingerprint density at radius 1 is 1.32 bits per heavy atom. The zero-order chi connectivity index (χ0) is 14.3. The van der Waals surface area contributed by atoms with Crippen LogP contribution in [0.1, 0.15) is 18.9 Å². The van der Waals surface area contributed by atoms with E-state index in [1.165, 1.54) is 0 Å². The van der Waals surface area contributed by atoms with Crippen molar-refractivity contribution in [3.63, 3.8) is 0 Å². The predicted octanol–water partition coefficient (Wildman–Crippen LogP) is 2.91. The van der Waals surface area contributed by atoms with Gasteiger partial charge in [0.25, 0.3) is 0 Å². The molecule has 0 aliphatic carbocycles. The zero-order valence-electron chi connectivity index (χ0n) is 11.3. The second kappa shape index (κ2) is 8.77. The predicted molar refractivity (Wildman–Crippen MR) is 80.1 cm³/mol. The maximum Gasteiger partial charge on any atom is 0.0785 e. The van der Waals surface area contributed by atoms with E-state index in [0.717, 1.165) is 18.5 Å². The van der Waals surface area contributed by atoms with Crippen LogP contribution in [0.4, 0.5) is 0 Å². The molecule has 1 aromatic carbocycles. The highest BCUT2D eigenvalue weighted by molar-refractivity contribution is 6.35. The highest BCUT2D eigenvalue weighted by atomic mass is 35.5. The van der Waals surface area contributed by atoms with Crippen LogP contribution in [0, 0.1) is 0 Å². The third-order valence-electron chi connectivity index (χ3n) is 2.90. The van der Waals surface area contributed by atoms with Crippen LogP contribution in [0.2, 0.25) is 10.0 Å². The van der Waals surface area contributed by atoms with E-state index >= 15 is 0 Å². The van der Waals surface area contributed by atoms with Crippen molar-refractivity contribution in [1.29, 1.82) is 0 Å². The number of halogens is 2. The number of methoxy groups -OCH3 is 1. The van der Waals surface area contributed by atoms with Crippen molar-refractivity contribution in [1.82, 2.24) is 5.32 Å². The number of rotatable bonds is 8. The largest absolute Gasteiger partial charge is 0.391 e. The van der Waals surface area contributed by atoms with Gasteiger partial charge in [-0.15, -0.1) is 0 Å². The van der Waals surface area contributed by atoms with Gasteiger partial charge in [0.05, 0.1) is 12.7 Å². The Bertz CT molecular complexity index is 367. The fourth-order valence-corrected chi connectivity index (χ4v) is 2.43. The van der Waals surface area contributed by atoms with E-state index in [0.29, 0.717) is 23.1 Å². The lowest BCUT2D eigenvalue weighted by Gasteiger charge is -2.17. The summed E-state index contributed by atoms with van der Waals surface area (Å²) in [4.78, 5) is 0. The van der Waals surface area contributed by atoms with Gasteiger partial charge in [0.1, 0.15) is 0 Å². The average molecular weight is 306 g/mol. The van der Waals surface area contributed by atoms with Crippen LogP contribution >= 0.6 is 23.2 Å². The van der Waals surface area contributed by atoms with Crippen LogP contribution in [0.5, 0.6) is 0 Å². The van der Waals surface area contributed by atoms with Crippen LogP contribution in [-0.2, 0) is 11.2 Å². The van der Waals surface area contributed by atoms with Gasteiger partial charge in [0, 0.05) is 23.2 Å². The summed E-state index contributed by atoms with van der Waals surface area (Å²) >= 11 is 12.3. The molecule has 2 N–H and O–H groups in total. The standard InChI is InChI=1S/C14H21Cl2NO2/c1-10(17-7-6-11(18)9-19-2)8-12-13(15)4-3-5-14(12)16/h3-5,10-11,17-18H,6-9H2,1-2H3. The van der Waals surface area contributed by atoms with Crippen LogP contribution < -0.4 is 5.32 Å². The number of ether oxygens (including phenoxy) is 1. The Labute approximate surface area is 124 Å². The van der Waals surface area contributed by atoms with E-state index in [1.54, 1.807) is 7.11 Å². The van der Waals surface area contributed by atoms with E-state index in [2.05, 4.69) is 12.2 Å². The molecule has 5 heteroatoms. The molecule has 1 rings (SSSR count). The van der Waals surface area contributed by atoms with Crippen molar-refractivity contribution in [2.24, 2.45) is 0 Å². The molecule has 0 saturated carbocycles. The molecule has 0 aliphatic rings. The van der Waals surface area contributed by atoms with Gasteiger partial charge in [-0.1, -0.05) is 29.3 Å². The van der Waals surface area contributed by atoms with Gasteiger partial charge in [-0.3, -0.25) is 0 Å². The number of benzene rings is 1. The molecule has 2 unspecified atom stereocenters. The van der Waals surface area contributed by atoms with Crippen LogP contribution in [-0.4, -0.2) is 37.5 Å². The van der Waals surface area contributed by atoms with Gasteiger partial charge >= 0.3 is 0 Å². The second-order valence-electron chi connectivity index (χ2n) is 4.66. The molecule has 0 saturated heterocycles. The van der Waals surface area contributed by atoms with Gasteiger partial charge in [-0.25, -0.2) is 0 Å². The summed E-state index contributed by atoms with van der Waals surface area (Å²) in [7, 11) is 1.58. The van der Waals surface area contributed by atoms with Crippen LogP contribution in [0.15, 0.2) is 18.2 Å². The zero-order valence-corrected chi connectivity index (χ0v) is 12.8. The molecule has 0 fully saturated rings. The first-order chi connectivity index (χ1) is 9.04. The fraction of sp³-hybridized carbons (Fsp3) is 0.571. The first kappa shape index (κ1) is 16.7. The first-order valence-electron chi connectivity index (χ1n) is 6.37. The minimum absolute atomic E-state index is 0.243. The van der Waals surface area contributed by atoms with Gasteiger partial charge in [0.15, 0.2) is 0 Å². The Balaban J connectivity index is 2.37. The third-order valence-corrected chi connectivity index (χ3v) is 3.61. The highest BCUT2D eigenvalue weighted by Crippen LogP contribution is 2.25. The number of aliphatic hydroxyl groups excluding tert-OH is 1. The van der Waals surface area contributed by atoms with Crippen molar-refractivity contribution >= 4 is 23.2 Å². The Kier molecular flexibility index (Phi) is 7.73. The SMILES string of the molecule is COCC(O)CCNC(C)Cc1c(Cl)cccc1Cl. The molecule has 2 atom stereocenters. The smallest absolute Gasteiger partial charge is 0.0785 e. The molecule has 0 amide bonds. The molecule has 108 valence electrons. The van der Waals surface area contributed by atoms with Crippen molar-refractivity contribution in [3.05, 3.63) is 33.8 Å². The van der Waals surface area contributed by atoms with Crippen molar-refractivity contribution in [3.8, 4) is 0 Å². The Morgan fingerprint density at radius 2 is 1.95 bits per heavy atom. The number of hydrogen-bond acceptors (Lipinski definition) is 3. The summed E-state index contributed by atoms with van der Waals surface area (Å²) in [6.45, 7) is 3.17. The number of aliphatic hydroxyl groups is 1. The lowest BCUT2D eigenvalue weighted by Crippen LogP contribution is -2.31. The Hall–Kier alpha value is -0.320. The number of hydrogen-bond donors (Lipinski definition) is 2. The quantitative estimate of drug-likeness (QED) is 0.776. The van der Waals surface area contributed by atoms with E-state index < -0.39 is 6.10 Å². The maximum atomic E-state index is 9.53. The summed E-state index contributed by atoms with van der Waals surface area (Å²) in [5.74, 6) is 0. The lowest BCUT2D eigenvalue weighted by molar-refractivity contribution is 0.0591. The molecule has 0 bridgehead atoms. The normalized spacial score (nSPS) is 14.4. The van der Waals surface area contributed by atoms with Crippen molar-refractivity contribution < 1.29 is 9.84 Å². The lowest BCUT2D eigenvalue weighted by atomic mass is 10.1. The van der Waals surface area contributed by atoms with Gasteiger partial charge in [0.2, 0.25) is 0 Å². The molecular formula is C14H21Cl2NO2. The van der Waals surface area contributed by atoms with Gasteiger partial charge in [-0.05, 0) is 44.0 Å². The first-order valence-corrected chi connectivity index (χ1v) is 7.13. The Morgan fingerprint density at radius 3 is 2.53 bits per heavy atom. The summed E-state index contributed by atoms with van der Waals surface area (Å²) in [6.07, 6.45) is 1.00. The van der Waals surface area contributed by atoms with Crippen LogP contribution in [0.25, 0.3) is 0 Å². The molecule has 0 radical (unpaired) electrons. The second-order valence-corrected chi connectivity index (χ2v) is 5.47. The minimum Gasteiger partial charge on any atom is -0.391 e. The molecule has 0 spiro atoms. The van der Waals surface area contributed by atoms with E-state index in [9.17, 15) is 5.11 Å². The summed E-state index contributed by atoms with van der Waals surface area (Å²) < 4.78 is 4.88. The van der Waals surface area contributed by atoms with Crippen molar-refractivity contribution in [2.45, 2.75) is 31.9 Å². The summed E-state index contributed by atoms with van der Waals surface area (Å²) in [5, 5.41) is 14.3. The molecule has 1 aromatic rings. The van der Waals surface area contributed by atoms with Gasteiger partial charge < -0.3 is 15.2 Å². The summed E-state index contributed by atoms with van der Waals surface area (Å²) in [6, 6.07) is 5.77. The summed E-state index contributed by atoms with van der Waals surface area (Å²) in [5.41, 5.74) is 0.961. The van der Waals surface area contributed by atoms with Gasteiger partial charge in [-0.2, -0.15) is 0 Å². The fourth-order valence-electron chi connectivity index (χ4n) is 1.88. The highest BCUT2D eigenvalue weighted by Gasteiger charge is 2.10. The monoisotopic (exact) mass is 305 g/mol. The van der Waals surface area contributed by atoms with E-state index in [1.807, 2.05) is 18.2 Å². The maximum absolute atomic E-state index is 9.53. The van der Waals surface area contributed by atoms with Crippen LogP contribution in [0.3, 0.4) is 0 Å². The van der Waals surface area contributed by atoms with Crippen molar-refractivity contribution in [2.75, 3.05) is 20.3 Å². The molecule has 19 heavy (non-hydrogen) atoms. The topological polar surface area (TPSA) is 41.5 Å². The molecule has 0 heterocycles. The van der Waals surface area contributed by atoms with E-state index in [-0.39, 0.29) is 6.04 Å². The molecular weight excluding hydrogens is 285 g/mol. The molecule has 0 aromatic heterocycles. The average Bonchev–Trinajstić information content (AvgIpc) is 2.34. The molecule has 0 aliphatic heterocycles. The molecule has 3 nitrogen and oxygen atoms in total. The van der Waals surface area contributed by atoms with E-state index in [4.69, 9.17) is 27.9 Å². The minimum atomic E-state index is -0.423. The number of nitrogens with one attached hydrogen (secondary N) is 1.